The average molecular weight is 187 g/mol. The Morgan fingerprint density at radius 1 is 1.33 bits per heavy atom. The van der Waals surface area contributed by atoms with Gasteiger partial charge in [0, 0.05) is 11.9 Å². The highest BCUT2D eigenvalue weighted by atomic mass is 35.5. The minimum atomic E-state index is -0.495. The van der Waals surface area contributed by atoms with E-state index in [9.17, 15) is 4.79 Å². The first-order valence-electron chi connectivity index (χ1n) is 3.29. The molecule has 0 unspecified atom stereocenters. The van der Waals surface area contributed by atoms with Gasteiger partial charge in [-0.3, -0.25) is 9.78 Å². The molecule has 0 spiro atoms. The summed E-state index contributed by atoms with van der Waals surface area (Å²) in [7, 11) is 0. The van der Waals surface area contributed by atoms with Gasteiger partial charge in [0.2, 0.25) is 0 Å². The van der Waals surface area contributed by atoms with Crippen LogP contribution in [0, 0.1) is 0 Å². The predicted molar refractivity (Wildman–Crippen MR) is 43.8 cm³/mol. The van der Waals surface area contributed by atoms with Crippen LogP contribution in [0.2, 0.25) is 5.02 Å². The lowest BCUT2D eigenvalue weighted by molar-refractivity contribution is -0.210. The number of halogens is 1. The Balaban J connectivity index is 2.53. The third-order valence-corrected chi connectivity index (χ3v) is 1.32. The molecule has 0 atom stereocenters. The highest BCUT2D eigenvalue weighted by Crippen LogP contribution is 2.15. The largest absolute Gasteiger partial charge is 0.352 e. The van der Waals surface area contributed by atoms with Crippen LogP contribution in [0.4, 0.5) is 0 Å². The summed E-state index contributed by atoms with van der Waals surface area (Å²) < 4.78 is 0. The second kappa shape index (κ2) is 3.97. The quantitative estimate of drug-likeness (QED) is 0.525. The molecule has 0 aromatic heterocycles. The number of carbonyl (C=O) groups excluding carboxylic acids is 1. The summed E-state index contributed by atoms with van der Waals surface area (Å²) in [5.41, 5.74) is 0. The summed E-state index contributed by atoms with van der Waals surface area (Å²) >= 11 is 5.61. The topological polar surface area (TPSA) is 35.5 Å². The Morgan fingerprint density at radius 2 is 1.92 bits per heavy atom. The molecule has 0 aliphatic rings. The summed E-state index contributed by atoms with van der Waals surface area (Å²) in [4.78, 5) is 19.2. The van der Waals surface area contributed by atoms with Gasteiger partial charge in [0.1, 0.15) is 0 Å². The van der Waals surface area contributed by atoms with Crippen molar-refractivity contribution in [3.63, 3.8) is 0 Å². The van der Waals surface area contributed by atoms with Crippen LogP contribution in [-0.2, 0) is 9.68 Å². The van der Waals surface area contributed by atoms with Crippen molar-refractivity contribution in [1.82, 2.24) is 0 Å². The molecular weight excluding hydrogens is 180 g/mol. The second-order valence-corrected chi connectivity index (χ2v) is 2.55. The summed E-state index contributed by atoms with van der Waals surface area (Å²) in [6.45, 7) is 1.26. The van der Waals surface area contributed by atoms with Gasteiger partial charge in [0.05, 0.1) is 0 Å². The van der Waals surface area contributed by atoms with E-state index in [1.165, 1.54) is 6.92 Å². The Bertz CT molecular complexity index is 268. The van der Waals surface area contributed by atoms with E-state index >= 15 is 0 Å². The number of benzene rings is 1. The number of hydrogen-bond donors (Lipinski definition) is 0. The van der Waals surface area contributed by atoms with E-state index in [0.29, 0.717) is 10.8 Å². The van der Waals surface area contributed by atoms with Gasteiger partial charge >= 0.3 is 5.97 Å². The Labute approximate surface area is 74.8 Å². The van der Waals surface area contributed by atoms with Crippen molar-refractivity contribution in [2.75, 3.05) is 0 Å². The first kappa shape index (κ1) is 8.87. The Hall–Kier alpha value is -1.22. The minimum absolute atomic E-state index is 0.439. The summed E-state index contributed by atoms with van der Waals surface area (Å²) in [5.74, 6) is -0.0560. The van der Waals surface area contributed by atoms with E-state index in [1.54, 1.807) is 24.3 Å². The van der Waals surface area contributed by atoms with Crippen LogP contribution in [-0.4, -0.2) is 5.97 Å². The molecule has 0 aliphatic heterocycles. The van der Waals surface area contributed by atoms with Gasteiger partial charge in [0.15, 0.2) is 5.75 Å². The molecule has 1 aromatic carbocycles. The maximum Gasteiger partial charge on any atom is 0.352 e. The molecule has 1 rings (SSSR count). The van der Waals surface area contributed by atoms with Crippen molar-refractivity contribution < 1.29 is 14.6 Å². The summed E-state index contributed by atoms with van der Waals surface area (Å²) in [5, 5.41) is 0.602. The number of carbonyl (C=O) groups is 1. The molecule has 0 radical (unpaired) electrons. The number of rotatable bonds is 2. The molecule has 0 bridgehead atoms. The third-order valence-electron chi connectivity index (χ3n) is 1.07. The van der Waals surface area contributed by atoms with Crippen molar-refractivity contribution in [2.45, 2.75) is 6.92 Å². The van der Waals surface area contributed by atoms with Gasteiger partial charge in [-0.05, 0) is 24.3 Å². The lowest BCUT2D eigenvalue weighted by Crippen LogP contribution is -2.02. The maximum atomic E-state index is 10.3. The first-order valence-corrected chi connectivity index (χ1v) is 3.67. The molecule has 0 saturated carbocycles. The van der Waals surface area contributed by atoms with E-state index in [-0.39, 0.29) is 0 Å². The molecule has 0 saturated heterocycles. The van der Waals surface area contributed by atoms with E-state index in [2.05, 4.69) is 9.78 Å². The zero-order chi connectivity index (χ0) is 8.97. The number of hydrogen-bond acceptors (Lipinski definition) is 3. The zero-order valence-electron chi connectivity index (χ0n) is 6.41. The third kappa shape index (κ3) is 2.80. The lowest BCUT2D eigenvalue weighted by Gasteiger charge is -2.00. The van der Waals surface area contributed by atoms with Crippen LogP contribution in [0.5, 0.6) is 5.75 Å². The van der Waals surface area contributed by atoms with Crippen LogP contribution >= 0.6 is 11.6 Å². The molecule has 3 nitrogen and oxygen atoms in total. The van der Waals surface area contributed by atoms with Crippen LogP contribution in [0.15, 0.2) is 24.3 Å². The van der Waals surface area contributed by atoms with Crippen LogP contribution in [0.1, 0.15) is 6.92 Å². The van der Waals surface area contributed by atoms with E-state index in [0.717, 1.165) is 0 Å². The van der Waals surface area contributed by atoms with Gasteiger partial charge in [-0.2, -0.15) is 0 Å². The van der Waals surface area contributed by atoms with E-state index in [4.69, 9.17) is 11.6 Å². The molecule has 64 valence electrons. The zero-order valence-corrected chi connectivity index (χ0v) is 7.17. The fourth-order valence-electron chi connectivity index (χ4n) is 0.597. The van der Waals surface area contributed by atoms with Gasteiger partial charge in [-0.15, -0.1) is 0 Å². The summed E-state index contributed by atoms with van der Waals surface area (Å²) in [6, 6.07) is 6.48. The van der Waals surface area contributed by atoms with E-state index < -0.39 is 5.97 Å². The fraction of sp³-hybridized carbons (Fsp3) is 0.125. The van der Waals surface area contributed by atoms with Gasteiger partial charge in [0.25, 0.3) is 0 Å². The molecule has 0 fully saturated rings. The minimum Gasteiger partial charge on any atom is -0.287 e. The van der Waals surface area contributed by atoms with Crippen molar-refractivity contribution in [1.29, 1.82) is 0 Å². The highest BCUT2D eigenvalue weighted by molar-refractivity contribution is 6.30. The molecule has 4 heteroatoms. The smallest absolute Gasteiger partial charge is 0.287 e. The van der Waals surface area contributed by atoms with Gasteiger partial charge in [-0.1, -0.05) is 11.6 Å². The van der Waals surface area contributed by atoms with Crippen molar-refractivity contribution in [3.05, 3.63) is 29.3 Å². The van der Waals surface area contributed by atoms with Gasteiger partial charge in [-0.25, -0.2) is 4.79 Å². The van der Waals surface area contributed by atoms with Crippen molar-refractivity contribution in [2.24, 2.45) is 0 Å². The second-order valence-electron chi connectivity index (χ2n) is 2.11. The van der Waals surface area contributed by atoms with Crippen LogP contribution in [0.3, 0.4) is 0 Å². The van der Waals surface area contributed by atoms with E-state index in [1.807, 2.05) is 0 Å². The monoisotopic (exact) mass is 186 g/mol. The molecule has 0 aliphatic carbocycles. The maximum absolute atomic E-state index is 10.3. The van der Waals surface area contributed by atoms with Crippen molar-refractivity contribution in [3.8, 4) is 5.75 Å². The lowest BCUT2D eigenvalue weighted by atomic mass is 10.3. The fourth-order valence-corrected chi connectivity index (χ4v) is 0.723. The van der Waals surface area contributed by atoms with Gasteiger partial charge < -0.3 is 0 Å². The average Bonchev–Trinajstić information content (AvgIpc) is 2.03. The SMILES string of the molecule is CC(=O)OOc1ccc(Cl)cc1. The Morgan fingerprint density at radius 3 is 2.42 bits per heavy atom. The molecule has 12 heavy (non-hydrogen) atoms. The molecule has 0 amide bonds. The first-order chi connectivity index (χ1) is 5.68. The normalized spacial score (nSPS) is 9.17. The highest BCUT2D eigenvalue weighted by Gasteiger charge is 1.96. The van der Waals surface area contributed by atoms with Crippen LogP contribution in [0.25, 0.3) is 0 Å². The molecule has 0 heterocycles. The molecule has 1 aromatic rings. The Kier molecular flexibility index (Phi) is 2.94. The summed E-state index contributed by atoms with van der Waals surface area (Å²) in [6.07, 6.45) is 0. The molecular formula is C8H7ClO3. The standard InChI is InChI=1S/C8H7ClO3/c1-6(10)11-12-8-4-2-7(9)3-5-8/h2-5H,1H3. The van der Waals surface area contributed by atoms with Crippen LogP contribution < -0.4 is 4.89 Å². The predicted octanol–water partition coefficient (Wildman–Crippen LogP) is 2.20. The van der Waals surface area contributed by atoms with Crippen molar-refractivity contribution >= 4 is 17.6 Å². The molecule has 0 N–H and O–H groups in total.